The minimum atomic E-state index is -0.556. The van der Waals surface area contributed by atoms with Gasteiger partial charge in [0, 0.05) is 18.1 Å². The second-order valence-electron chi connectivity index (χ2n) is 6.89. The Morgan fingerprint density at radius 3 is 2.19 bits per heavy atom. The standard InChI is InChI=1S/C22H27ClN2O2/c1-5-24-22(27)17(4)25(14-18-6-8-20(23)9-7-18)21(26)13-19-11-15(2)10-16(3)12-19/h6-12,17H,5,13-14H2,1-4H3,(H,24,27)/t17-/m1/s1. The molecule has 0 heterocycles. The van der Waals surface area contributed by atoms with Gasteiger partial charge in [0.25, 0.3) is 0 Å². The van der Waals surface area contributed by atoms with Gasteiger partial charge in [0.15, 0.2) is 0 Å². The Morgan fingerprint density at radius 2 is 1.63 bits per heavy atom. The Hall–Kier alpha value is -2.33. The van der Waals surface area contributed by atoms with Gasteiger partial charge in [0.1, 0.15) is 6.04 Å². The van der Waals surface area contributed by atoms with Crippen molar-refractivity contribution in [3.05, 3.63) is 69.7 Å². The van der Waals surface area contributed by atoms with Gasteiger partial charge in [0.05, 0.1) is 6.42 Å². The quantitative estimate of drug-likeness (QED) is 0.780. The smallest absolute Gasteiger partial charge is 0.242 e. The van der Waals surface area contributed by atoms with E-state index >= 15 is 0 Å². The zero-order valence-corrected chi connectivity index (χ0v) is 17.1. The Bertz CT molecular complexity index is 782. The molecule has 0 saturated carbocycles. The minimum Gasteiger partial charge on any atom is -0.355 e. The third-order valence-corrected chi connectivity index (χ3v) is 4.67. The molecule has 1 atom stereocenters. The molecule has 1 N–H and O–H groups in total. The SMILES string of the molecule is CCNC(=O)[C@@H](C)N(Cc1ccc(Cl)cc1)C(=O)Cc1cc(C)cc(C)c1. The van der Waals surface area contributed by atoms with E-state index in [-0.39, 0.29) is 18.2 Å². The predicted molar refractivity (Wildman–Crippen MR) is 110 cm³/mol. The number of likely N-dealkylation sites (N-methyl/N-ethyl adjacent to an activating group) is 1. The molecule has 4 nitrogen and oxygen atoms in total. The maximum Gasteiger partial charge on any atom is 0.242 e. The number of halogens is 1. The molecule has 2 amide bonds. The van der Waals surface area contributed by atoms with Gasteiger partial charge < -0.3 is 10.2 Å². The molecule has 0 aliphatic rings. The van der Waals surface area contributed by atoms with Crippen LogP contribution in [0.3, 0.4) is 0 Å². The highest BCUT2D eigenvalue weighted by Gasteiger charge is 2.25. The molecule has 0 aliphatic carbocycles. The third kappa shape index (κ3) is 6.10. The maximum atomic E-state index is 13.1. The summed E-state index contributed by atoms with van der Waals surface area (Å²) >= 11 is 5.96. The van der Waals surface area contributed by atoms with E-state index in [9.17, 15) is 9.59 Å². The van der Waals surface area contributed by atoms with Crippen LogP contribution in [-0.2, 0) is 22.6 Å². The number of nitrogens with one attached hydrogen (secondary N) is 1. The Labute approximate surface area is 166 Å². The molecule has 0 bridgehead atoms. The molecule has 0 saturated heterocycles. The molecular formula is C22H27ClN2O2. The molecule has 0 aromatic heterocycles. The first-order valence-electron chi connectivity index (χ1n) is 9.19. The van der Waals surface area contributed by atoms with E-state index < -0.39 is 6.04 Å². The van der Waals surface area contributed by atoms with E-state index in [0.717, 1.165) is 22.3 Å². The molecule has 27 heavy (non-hydrogen) atoms. The van der Waals surface area contributed by atoms with E-state index in [0.29, 0.717) is 18.1 Å². The number of carbonyl (C=O) groups excluding carboxylic acids is 2. The second-order valence-corrected chi connectivity index (χ2v) is 7.33. The zero-order valence-electron chi connectivity index (χ0n) is 16.4. The number of amides is 2. The summed E-state index contributed by atoms with van der Waals surface area (Å²) in [6.07, 6.45) is 0.264. The molecular weight excluding hydrogens is 360 g/mol. The van der Waals surface area contributed by atoms with Crippen molar-refractivity contribution in [1.29, 1.82) is 0 Å². The number of aryl methyl sites for hydroxylation is 2. The lowest BCUT2D eigenvalue weighted by atomic mass is 10.0. The van der Waals surface area contributed by atoms with Crippen LogP contribution in [0.4, 0.5) is 0 Å². The second kappa shape index (κ2) is 9.56. The number of hydrogen-bond donors (Lipinski definition) is 1. The van der Waals surface area contributed by atoms with Gasteiger partial charge in [-0.3, -0.25) is 9.59 Å². The molecule has 0 unspecified atom stereocenters. The molecule has 2 aromatic carbocycles. The summed E-state index contributed by atoms with van der Waals surface area (Å²) in [6.45, 7) is 8.56. The fourth-order valence-corrected chi connectivity index (χ4v) is 3.26. The van der Waals surface area contributed by atoms with Crippen LogP contribution in [0.1, 0.15) is 36.1 Å². The molecule has 0 fully saturated rings. The lowest BCUT2D eigenvalue weighted by molar-refractivity contribution is -0.140. The van der Waals surface area contributed by atoms with Gasteiger partial charge in [-0.2, -0.15) is 0 Å². The van der Waals surface area contributed by atoms with Crippen LogP contribution < -0.4 is 5.32 Å². The summed E-state index contributed by atoms with van der Waals surface area (Å²) in [5.74, 6) is -0.228. The summed E-state index contributed by atoms with van der Waals surface area (Å²) < 4.78 is 0. The van der Waals surface area contributed by atoms with E-state index in [1.165, 1.54) is 0 Å². The fraction of sp³-hybridized carbons (Fsp3) is 0.364. The van der Waals surface area contributed by atoms with Gasteiger partial charge >= 0.3 is 0 Å². The average Bonchev–Trinajstić information content (AvgIpc) is 2.59. The predicted octanol–water partition coefficient (Wildman–Crippen LogP) is 4.05. The summed E-state index contributed by atoms with van der Waals surface area (Å²) in [5.41, 5.74) is 4.14. The van der Waals surface area contributed by atoms with E-state index in [1.807, 2.05) is 45.0 Å². The molecule has 0 spiro atoms. The molecule has 5 heteroatoms. The highest BCUT2D eigenvalue weighted by atomic mass is 35.5. The number of rotatable bonds is 7. The molecule has 0 aliphatic heterocycles. The van der Waals surface area contributed by atoms with Crippen molar-refractivity contribution in [3.63, 3.8) is 0 Å². The lowest BCUT2D eigenvalue weighted by Gasteiger charge is -2.29. The maximum absolute atomic E-state index is 13.1. The molecule has 2 aromatic rings. The highest BCUT2D eigenvalue weighted by molar-refractivity contribution is 6.30. The number of hydrogen-bond acceptors (Lipinski definition) is 2. The summed E-state index contributed by atoms with van der Waals surface area (Å²) in [4.78, 5) is 27.1. The van der Waals surface area contributed by atoms with Gasteiger partial charge in [-0.25, -0.2) is 0 Å². The Kier molecular flexibility index (Phi) is 7.43. The molecule has 144 valence electrons. The van der Waals surface area contributed by atoms with Crippen molar-refractivity contribution in [1.82, 2.24) is 10.2 Å². The van der Waals surface area contributed by atoms with Crippen molar-refractivity contribution in [2.75, 3.05) is 6.54 Å². The fourth-order valence-electron chi connectivity index (χ4n) is 3.14. The Balaban J connectivity index is 2.24. The van der Waals surface area contributed by atoms with E-state index in [4.69, 9.17) is 11.6 Å². The van der Waals surface area contributed by atoms with Crippen molar-refractivity contribution in [3.8, 4) is 0 Å². The number of carbonyl (C=O) groups is 2. The molecule has 0 radical (unpaired) electrons. The van der Waals surface area contributed by atoms with Crippen LogP contribution in [-0.4, -0.2) is 29.3 Å². The first-order chi connectivity index (χ1) is 12.8. The van der Waals surface area contributed by atoms with Crippen LogP contribution in [0.2, 0.25) is 5.02 Å². The van der Waals surface area contributed by atoms with E-state index in [1.54, 1.807) is 24.0 Å². The zero-order chi connectivity index (χ0) is 20.0. The largest absolute Gasteiger partial charge is 0.355 e. The monoisotopic (exact) mass is 386 g/mol. The number of nitrogens with zero attached hydrogens (tertiary/aromatic N) is 1. The summed E-state index contributed by atoms with van der Waals surface area (Å²) in [7, 11) is 0. The van der Waals surface area contributed by atoms with Crippen molar-refractivity contribution < 1.29 is 9.59 Å². The van der Waals surface area contributed by atoms with Gasteiger partial charge in [-0.15, -0.1) is 0 Å². The van der Waals surface area contributed by atoms with E-state index in [2.05, 4.69) is 11.4 Å². The average molecular weight is 387 g/mol. The van der Waals surface area contributed by atoms with Crippen LogP contribution >= 0.6 is 11.6 Å². The highest BCUT2D eigenvalue weighted by Crippen LogP contribution is 2.16. The van der Waals surface area contributed by atoms with Gasteiger partial charge in [-0.1, -0.05) is 53.1 Å². The van der Waals surface area contributed by atoms with Crippen LogP contribution in [0.25, 0.3) is 0 Å². The summed E-state index contributed by atoms with van der Waals surface area (Å²) in [5, 5.41) is 3.45. The molecule has 2 rings (SSSR count). The van der Waals surface area contributed by atoms with Crippen molar-refractivity contribution in [2.24, 2.45) is 0 Å². The van der Waals surface area contributed by atoms with Crippen molar-refractivity contribution >= 4 is 23.4 Å². The van der Waals surface area contributed by atoms with Crippen LogP contribution in [0.5, 0.6) is 0 Å². The summed E-state index contributed by atoms with van der Waals surface area (Å²) in [6, 6.07) is 12.9. The van der Waals surface area contributed by atoms with Gasteiger partial charge in [0.2, 0.25) is 11.8 Å². The van der Waals surface area contributed by atoms with Crippen LogP contribution in [0, 0.1) is 13.8 Å². The topological polar surface area (TPSA) is 49.4 Å². The third-order valence-electron chi connectivity index (χ3n) is 4.42. The van der Waals surface area contributed by atoms with Gasteiger partial charge in [-0.05, 0) is 51.0 Å². The first-order valence-corrected chi connectivity index (χ1v) is 9.56. The van der Waals surface area contributed by atoms with Crippen LogP contribution in [0.15, 0.2) is 42.5 Å². The Morgan fingerprint density at radius 1 is 1.04 bits per heavy atom. The minimum absolute atomic E-state index is 0.0753. The lowest BCUT2D eigenvalue weighted by Crippen LogP contribution is -2.48. The normalized spacial score (nSPS) is 11.7. The first kappa shape index (κ1) is 21.0. The van der Waals surface area contributed by atoms with Crippen molar-refractivity contribution in [2.45, 2.75) is 46.7 Å². The number of benzene rings is 2.